The highest BCUT2D eigenvalue weighted by molar-refractivity contribution is 6.32. The molecule has 0 unspecified atom stereocenters. The minimum atomic E-state index is -1.09. The maximum atomic E-state index is 10.8. The summed E-state index contributed by atoms with van der Waals surface area (Å²) in [6, 6.07) is 7.22. The highest BCUT2D eigenvalue weighted by Gasteiger charge is 2.14. The van der Waals surface area contributed by atoms with Crippen LogP contribution in [0.1, 0.15) is 15.9 Å². The Morgan fingerprint density at radius 2 is 2.18 bits per heavy atom. The monoisotopic (exact) mass is 270 g/mol. The van der Waals surface area contributed by atoms with Crippen LogP contribution in [0.2, 0.25) is 10.2 Å². The first kappa shape index (κ1) is 12.0. The second-order valence-electron chi connectivity index (χ2n) is 3.44. The van der Waals surface area contributed by atoms with Gasteiger partial charge in [0, 0.05) is 5.02 Å². The Morgan fingerprint density at radius 1 is 1.41 bits per heavy atom. The molecule has 88 valence electrons. The number of carboxylic acid groups (broad SMARTS) is 1. The molecule has 1 heterocycles. The van der Waals surface area contributed by atoms with Gasteiger partial charge >= 0.3 is 5.97 Å². The molecule has 4 nitrogen and oxygen atoms in total. The van der Waals surface area contributed by atoms with Gasteiger partial charge in [0.1, 0.15) is 10.7 Å². The summed E-state index contributed by atoms with van der Waals surface area (Å²) in [6.45, 7) is 0.382. The molecule has 0 saturated carbocycles. The normalized spacial score (nSPS) is 10.5. The van der Waals surface area contributed by atoms with Crippen molar-refractivity contribution in [3.05, 3.63) is 51.8 Å². The van der Waals surface area contributed by atoms with E-state index in [1.54, 1.807) is 12.1 Å². The van der Waals surface area contributed by atoms with E-state index in [-0.39, 0.29) is 10.7 Å². The fourth-order valence-corrected chi connectivity index (χ4v) is 1.88. The molecule has 0 aliphatic rings. The van der Waals surface area contributed by atoms with Crippen LogP contribution in [0.15, 0.2) is 30.5 Å². The van der Waals surface area contributed by atoms with Crippen LogP contribution in [0.5, 0.6) is 0 Å². The Kier molecular flexibility index (Phi) is 3.36. The second-order valence-corrected chi connectivity index (χ2v) is 4.24. The van der Waals surface area contributed by atoms with Crippen molar-refractivity contribution in [2.24, 2.45) is 0 Å². The smallest absolute Gasteiger partial charge is 0.340 e. The molecule has 0 spiro atoms. The summed E-state index contributed by atoms with van der Waals surface area (Å²) in [5, 5.41) is 13.5. The summed E-state index contributed by atoms with van der Waals surface area (Å²) < 4.78 is 1.41. The lowest BCUT2D eigenvalue weighted by molar-refractivity contribution is 0.0697. The van der Waals surface area contributed by atoms with E-state index in [9.17, 15) is 4.79 Å². The third kappa shape index (κ3) is 2.60. The lowest BCUT2D eigenvalue weighted by Crippen LogP contribution is -2.03. The number of rotatable bonds is 3. The third-order valence-electron chi connectivity index (χ3n) is 2.23. The molecule has 2 aromatic rings. The highest BCUT2D eigenvalue weighted by Crippen LogP contribution is 2.18. The molecule has 0 aliphatic heterocycles. The van der Waals surface area contributed by atoms with E-state index in [2.05, 4.69) is 5.10 Å². The van der Waals surface area contributed by atoms with Gasteiger partial charge in [0.25, 0.3) is 0 Å². The molecule has 1 N–H and O–H groups in total. The van der Waals surface area contributed by atoms with Crippen LogP contribution in [0.25, 0.3) is 0 Å². The molecular weight excluding hydrogens is 263 g/mol. The lowest BCUT2D eigenvalue weighted by Gasteiger charge is -2.04. The molecule has 0 amide bonds. The Morgan fingerprint density at radius 3 is 2.76 bits per heavy atom. The Hall–Kier alpha value is -1.52. The van der Waals surface area contributed by atoms with Gasteiger partial charge in [0.05, 0.1) is 12.7 Å². The van der Waals surface area contributed by atoms with Gasteiger partial charge in [0.2, 0.25) is 0 Å². The number of benzene rings is 1. The van der Waals surface area contributed by atoms with Crippen LogP contribution >= 0.6 is 23.2 Å². The number of halogens is 2. The number of nitrogens with zero attached hydrogens (tertiary/aromatic N) is 2. The van der Waals surface area contributed by atoms with E-state index in [1.165, 1.54) is 10.9 Å². The molecule has 0 fully saturated rings. The number of aromatic nitrogens is 2. The standard InChI is InChI=1S/C11H8Cl2N2O2/c12-8-3-1-2-7(4-8)6-15-10(13)9(5-14-15)11(16)17/h1-5H,6H2,(H,16,17). The van der Waals surface area contributed by atoms with Crippen molar-refractivity contribution >= 4 is 29.2 Å². The predicted molar refractivity (Wildman–Crippen MR) is 64.8 cm³/mol. The van der Waals surface area contributed by atoms with E-state index in [4.69, 9.17) is 28.3 Å². The minimum absolute atomic E-state index is 0.00584. The summed E-state index contributed by atoms with van der Waals surface area (Å²) in [6.07, 6.45) is 1.23. The first-order chi connectivity index (χ1) is 8.08. The van der Waals surface area contributed by atoms with Crippen LogP contribution in [0, 0.1) is 0 Å². The zero-order chi connectivity index (χ0) is 12.4. The van der Waals surface area contributed by atoms with Crippen LogP contribution in [-0.2, 0) is 6.54 Å². The maximum Gasteiger partial charge on any atom is 0.340 e. The zero-order valence-corrected chi connectivity index (χ0v) is 10.1. The van der Waals surface area contributed by atoms with Gasteiger partial charge in [-0.15, -0.1) is 0 Å². The van der Waals surface area contributed by atoms with Crippen molar-refractivity contribution in [1.29, 1.82) is 0 Å². The van der Waals surface area contributed by atoms with E-state index >= 15 is 0 Å². The molecule has 0 bridgehead atoms. The average molecular weight is 271 g/mol. The van der Waals surface area contributed by atoms with Gasteiger partial charge in [-0.2, -0.15) is 5.10 Å². The molecule has 6 heteroatoms. The largest absolute Gasteiger partial charge is 0.478 e. The zero-order valence-electron chi connectivity index (χ0n) is 8.60. The van der Waals surface area contributed by atoms with Gasteiger partial charge in [0.15, 0.2) is 0 Å². The summed E-state index contributed by atoms with van der Waals surface area (Å²) >= 11 is 11.7. The van der Waals surface area contributed by atoms with E-state index in [0.717, 1.165) is 5.56 Å². The van der Waals surface area contributed by atoms with Crippen LogP contribution < -0.4 is 0 Å². The Bertz CT molecular complexity index is 566. The Labute approximate surface area is 107 Å². The van der Waals surface area contributed by atoms with Crippen molar-refractivity contribution in [3.8, 4) is 0 Å². The Balaban J connectivity index is 2.28. The third-order valence-corrected chi connectivity index (χ3v) is 2.86. The van der Waals surface area contributed by atoms with Crippen molar-refractivity contribution in [1.82, 2.24) is 9.78 Å². The summed E-state index contributed by atoms with van der Waals surface area (Å²) in [5.41, 5.74) is 0.896. The molecule has 1 aromatic heterocycles. The topological polar surface area (TPSA) is 55.1 Å². The number of hydrogen-bond donors (Lipinski definition) is 1. The van der Waals surface area contributed by atoms with Crippen LogP contribution in [0.4, 0.5) is 0 Å². The molecule has 0 atom stereocenters. The van der Waals surface area contributed by atoms with E-state index < -0.39 is 5.97 Å². The maximum absolute atomic E-state index is 10.8. The van der Waals surface area contributed by atoms with Crippen molar-refractivity contribution < 1.29 is 9.90 Å². The molecule has 1 aromatic carbocycles. The molecule has 0 aliphatic carbocycles. The first-order valence-electron chi connectivity index (χ1n) is 4.77. The molecular formula is C11H8Cl2N2O2. The first-order valence-corrected chi connectivity index (χ1v) is 5.52. The van der Waals surface area contributed by atoms with Crippen molar-refractivity contribution in [2.75, 3.05) is 0 Å². The fraction of sp³-hybridized carbons (Fsp3) is 0.0909. The van der Waals surface area contributed by atoms with Crippen molar-refractivity contribution in [2.45, 2.75) is 6.54 Å². The van der Waals surface area contributed by atoms with E-state index in [0.29, 0.717) is 11.6 Å². The van der Waals surface area contributed by atoms with Gasteiger partial charge in [-0.3, -0.25) is 0 Å². The molecule has 0 radical (unpaired) electrons. The predicted octanol–water partition coefficient (Wildman–Crippen LogP) is 2.94. The minimum Gasteiger partial charge on any atom is -0.478 e. The van der Waals surface area contributed by atoms with Crippen LogP contribution in [0.3, 0.4) is 0 Å². The number of hydrogen-bond acceptors (Lipinski definition) is 2. The summed E-state index contributed by atoms with van der Waals surface area (Å²) in [4.78, 5) is 10.8. The number of aromatic carboxylic acids is 1. The average Bonchev–Trinajstić information content (AvgIpc) is 2.61. The van der Waals surface area contributed by atoms with E-state index in [1.807, 2.05) is 12.1 Å². The van der Waals surface area contributed by atoms with Gasteiger partial charge in [-0.25, -0.2) is 9.48 Å². The highest BCUT2D eigenvalue weighted by atomic mass is 35.5. The summed E-state index contributed by atoms with van der Waals surface area (Å²) in [7, 11) is 0. The SMILES string of the molecule is O=C(O)c1cnn(Cc2cccc(Cl)c2)c1Cl. The molecule has 17 heavy (non-hydrogen) atoms. The molecule has 0 saturated heterocycles. The lowest BCUT2D eigenvalue weighted by atomic mass is 10.2. The van der Waals surface area contributed by atoms with Crippen LogP contribution in [-0.4, -0.2) is 20.9 Å². The summed E-state index contributed by atoms with van der Waals surface area (Å²) in [5.74, 6) is -1.09. The molecule has 2 rings (SSSR count). The number of carboxylic acids is 1. The number of carbonyl (C=O) groups is 1. The second kappa shape index (κ2) is 4.77. The van der Waals surface area contributed by atoms with Crippen molar-refractivity contribution in [3.63, 3.8) is 0 Å². The fourth-order valence-electron chi connectivity index (χ4n) is 1.43. The van der Waals surface area contributed by atoms with Gasteiger partial charge in [-0.1, -0.05) is 35.3 Å². The quantitative estimate of drug-likeness (QED) is 0.933. The van der Waals surface area contributed by atoms with Gasteiger partial charge < -0.3 is 5.11 Å². The van der Waals surface area contributed by atoms with Gasteiger partial charge in [-0.05, 0) is 17.7 Å².